The van der Waals surface area contributed by atoms with Crippen LogP contribution in [0.25, 0.3) is 21.3 Å². The minimum Gasteiger partial charge on any atom is -0.495 e. The average Bonchev–Trinajstić information content (AvgIpc) is 4.00. The Balaban J connectivity index is 0.791. The number of anilines is 2. The number of amides is 3. The molecule has 3 aromatic carbocycles. The van der Waals surface area contributed by atoms with Crippen molar-refractivity contribution in [2.75, 3.05) is 65.4 Å². The number of aromatic nitrogens is 2. The molecule has 73 heavy (non-hydrogen) atoms. The topological polar surface area (TPSA) is 182 Å². The number of aryl methyl sites for hydroxylation is 1. The first-order valence-corrected chi connectivity index (χ1v) is 26.8. The van der Waals surface area contributed by atoms with Gasteiger partial charge in [-0.05, 0) is 54.9 Å². The number of unbranched alkanes of at least 4 members (excludes halogenated alkanes) is 4. The quantitative estimate of drug-likeness (QED) is 0.0559. The van der Waals surface area contributed by atoms with Crippen molar-refractivity contribution in [2.45, 2.75) is 104 Å². The van der Waals surface area contributed by atoms with Gasteiger partial charge in [0.05, 0.1) is 75.5 Å². The van der Waals surface area contributed by atoms with Gasteiger partial charge in [-0.3, -0.25) is 24.3 Å². The Labute approximate surface area is 443 Å². The maximum absolute atomic E-state index is 14.1. The fourth-order valence-corrected chi connectivity index (χ4v) is 11.0. The minimum absolute atomic E-state index is 0.0717. The summed E-state index contributed by atoms with van der Waals surface area (Å²) in [6, 6.07) is 16.4. The SMILES string of the molecule is COc1cc(Nc2c(C#N)cnc3cc(OCCCN4CCN(C(=O)CCCCCCC[C@H](C(=O)N5C[C@H](O)C[C@H]5C(=O)NCc5ccc(-c6scnc6C)cc5)C(C)(C)C)CC4)c(OC)cc23)c(Cl)cc1Cl. The van der Waals surface area contributed by atoms with Gasteiger partial charge in [0.25, 0.3) is 0 Å². The lowest BCUT2D eigenvalue weighted by molar-refractivity contribution is -0.145. The fourth-order valence-electron chi connectivity index (χ4n) is 9.70. The van der Waals surface area contributed by atoms with E-state index in [9.17, 15) is 24.8 Å². The number of nitriles is 1. The van der Waals surface area contributed by atoms with Crippen LogP contribution in [0.15, 0.2) is 60.2 Å². The molecule has 3 amide bonds. The zero-order valence-electron chi connectivity index (χ0n) is 42.8. The van der Waals surface area contributed by atoms with Crippen molar-refractivity contribution in [2.24, 2.45) is 11.3 Å². The molecule has 2 aliphatic heterocycles. The molecular weight excluding hydrogens is 988 g/mol. The van der Waals surface area contributed by atoms with Crippen LogP contribution in [0.5, 0.6) is 17.2 Å². The molecule has 0 spiro atoms. The molecule has 0 saturated carbocycles. The van der Waals surface area contributed by atoms with Crippen LogP contribution in [0.2, 0.25) is 10.0 Å². The zero-order valence-corrected chi connectivity index (χ0v) is 45.1. The number of aliphatic hydroxyl groups is 1. The van der Waals surface area contributed by atoms with Gasteiger partial charge < -0.3 is 39.8 Å². The molecule has 18 heteroatoms. The highest BCUT2D eigenvalue weighted by atomic mass is 35.5. The van der Waals surface area contributed by atoms with Crippen molar-refractivity contribution in [3.05, 3.63) is 87.1 Å². The number of rotatable bonds is 22. The van der Waals surface area contributed by atoms with E-state index in [2.05, 4.69) is 52.3 Å². The molecule has 2 saturated heterocycles. The Bertz CT molecular complexity index is 2750. The van der Waals surface area contributed by atoms with E-state index in [1.54, 1.807) is 47.6 Å². The van der Waals surface area contributed by atoms with E-state index in [1.807, 2.05) is 41.6 Å². The zero-order chi connectivity index (χ0) is 52.2. The first-order chi connectivity index (χ1) is 35.1. The number of piperazine rings is 1. The summed E-state index contributed by atoms with van der Waals surface area (Å²) in [6.45, 7) is 12.9. The number of thiazole rings is 1. The fraction of sp³-hybridized carbons (Fsp3) is 0.491. The first kappa shape index (κ1) is 55.1. The van der Waals surface area contributed by atoms with E-state index in [1.165, 1.54) is 13.3 Å². The molecule has 3 N–H and O–H groups in total. The number of methoxy groups -OCH3 is 2. The first-order valence-electron chi connectivity index (χ1n) is 25.2. The molecule has 2 fully saturated rings. The normalized spacial score (nSPS) is 16.5. The Hall–Kier alpha value is -5.70. The Morgan fingerprint density at radius 1 is 0.918 bits per heavy atom. The van der Waals surface area contributed by atoms with Crippen molar-refractivity contribution >= 4 is 74.5 Å². The molecule has 390 valence electrons. The summed E-state index contributed by atoms with van der Waals surface area (Å²) in [5, 5.41) is 28.2. The van der Waals surface area contributed by atoms with Crippen LogP contribution in [0.1, 0.15) is 95.4 Å². The Morgan fingerprint density at radius 3 is 2.33 bits per heavy atom. The molecule has 2 aliphatic rings. The van der Waals surface area contributed by atoms with Crippen LogP contribution in [0, 0.1) is 29.6 Å². The van der Waals surface area contributed by atoms with Crippen LogP contribution in [0.3, 0.4) is 0 Å². The third kappa shape index (κ3) is 14.1. The monoisotopic (exact) mass is 1050 g/mol. The van der Waals surface area contributed by atoms with Gasteiger partial charge in [-0.25, -0.2) is 4.98 Å². The van der Waals surface area contributed by atoms with Crippen LogP contribution >= 0.6 is 34.5 Å². The number of ether oxygens (including phenoxy) is 3. The minimum atomic E-state index is -0.747. The van der Waals surface area contributed by atoms with Crippen LogP contribution in [0.4, 0.5) is 11.4 Å². The summed E-state index contributed by atoms with van der Waals surface area (Å²) < 4.78 is 17.3. The van der Waals surface area contributed by atoms with Gasteiger partial charge in [0.15, 0.2) is 11.5 Å². The molecule has 15 nitrogen and oxygen atoms in total. The Kier molecular flexibility index (Phi) is 19.2. The largest absolute Gasteiger partial charge is 0.495 e. The highest BCUT2D eigenvalue weighted by Gasteiger charge is 2.43. The van der Waals surface area contributed by atoms with Crippen molar-refractivity contribution < 1.29 is 33.7 Å². The number of carbonyl (C=O) groups is 3. The van der Waals surface area contributed by atoms with Crippen molar-refractivity contribution in [3.63, 3.8) is 0 Å². The summed E-state index contributed by atoms with van der Waals surface area (Å²) in [4.78, 5) is 56.8. The van der Waals surface area contributed by atoms with Crippen molar-refractivity contribution in [3.8, 4) is 33.8 Å². The van der Waals surface area contributed by atoms with Gasteiger partial charge in [-0.2, -0.15) is 5.26 Å². The number of nitrogens with one attached hydrogen (secondary N) is 2. The molecule has 0 radical (unpaired) electrons. The molecular formula is C55H68Cl2N8O7S. The summed E-state index contributed by atoms with van der Waals surface area (Å²) >= 11 is 14.4. The van der Waals surface area contributed by atoms with E-state index < -0.39 is 12.1 Å². The number of nitrogens with zero attached hydrogens (tertiary/aromatic N) is 6. The molecule has 5 aromatic rings. The second kappa shape index (κ2) is 25.5. The van der Waals surface area contributed by atoms with E-state index in [0.29, 0.717) is 94.2 Å². The summed E-state index contributed by atoms with van der Waals surface area (Å²) in [7, 11) is 3.08. The molecule has 0 bridgehead atoms. The summed E-state index contributed by atoms with van der Waals surface area (Å²) in [5.41, 5.74) is 6.48. The van der Waals surface area contributed by atoms with Crippen LogP contribution in [-0.2, 0) is 20.9 Å². The highest BCUT2D eigenvalue weighted by molar-refractivity contribution is 7.13. The van der Waals surface area contributed by atoms with Gasteiger partial charge in [0.1, 0.15) is 17.9 Å². The van der Waals surface area contributed by atoms with E-state index in [-0.39, 0.29) is 42.0 Å². The third-order valence-corrected chi connectivity index (χ3v) is 15.5. The molecule has 4 heterocycles. The lowest BCUT2D eigenvalue weighted by Gasteiger charge is -2.35. The maximum atomic E-state index is 14.1. The number of aliphatic hydroxyl groups excluding tert-OH is 1. The molecule has 3 atom stereocenters. The van der Waals surface area contributed by atoms with E-state index in [4.69, 9.17) is 37.4 Å². The number of likely N-dealkylation sites (tertiary alicyclic amines) is 1. The third-order valence-electron chi connectivity index (χ3n) is 13.9. The van der Waals surface area contributed by atoms with Crippen LogP contribution in [-0.4, -0.2) is 120 Å². The number of pyridine rings is 1. The van der Waals surface area contributed by atoms with Gasteiger partial charge in [-0.15, -0.1) is 11.3 Å². The number of hydrogen-bond acceptors (Lipinski definition) is 13. The highest BCUT2D eigenvalue weighted by Crippen LogP contribution is 2.41. The molecule has 2 aromatic heterocycles. The number of fused-ring (bicyclic) bond motifs is 1. The van der Waals surface area contributed by atoms with Crippen molar-refractivity contribution in [1.29, 1.82) is 5.26 Å². The second-order valence-electron chi connectivity index (χ2n) is 20.0. The van der Waals surface area contributed by atoms with E-state index in [0.717, 1.165) is 79.9 Å². The smallest absolute Gasteiger partial charge is 0.243 e. The predicted molar refractivity (Wildman–Crippen MR) is 288 cm³/mol. The average molecular weight is 1060 g/mol. The van der Waals surface area contributed by atoms with Gasteiger partial charge >= 0.3 is 0 Å². The Morgan fingerprint density at radius 2 is 1.64 bits per heavy atom. The lowest BCUT2D eigenvalue weighted by Crippen LogP contribution is -2.49. The molecule has 7 rings (SSSR count). The number of β-amino-alcohol motifs (C(OH)–C–C–N with tert-alkyl or cyclic N) is 1. The van der Waals surface area contributed by atoms with Gasteiger partial charge in [0, 0.05) is 88.3 Å². The lowest BCUT2D eigenvalue weighted by atomic mass is 9.76. The summed E-state index contributed by atoms with van der Waals surface area (Å²) in [6.07, 6.45) is 7.54. The molecule has 0 aliphatic carbocycles. The van der Waals surface area contributed by atoms with Crippen molar-refractivity contribution in [1.82, 2.24) is 30.0 Å². The number of carbonyl (C=O) groups excluding carboxylic acids is 3. The number of hydrogen-bond donors (Lipinski definition) is 3. The summed E-state index contributed by atoms with van der Waals surface area (Å²) in [5.74, 6) is 1.05. The van der Waals surface area contributed by atoms with Crippen LogP contribution < -0.4 is 24.8 Å². The number of halogens is 2. The predicted octanol–water partition coefficient (Wildman–Crippen LogP) is 10.2. The van der Waals surface area contributed by atoms with Gasteiger partial charge in [-0.1, -0.05) is 93.9 Å². The second-order valence-corrected chi connectivity index (χ2v) is 21.7. The maximum Gasteiger partial charge on any atom is 0.243 e. The molecule has 0 unspecified atom stereocenters. The number of benzene rings is 3. The standard InChI is InChI=1S/C55H68Cl2N8O7S/c1-35-52(73-34-61-35)37-17-15-36(16-18-37)31-60-53(68)46-25-39(66)33-65(46)54(69)41(55(2,3)4)13-10-8-7-9-11-14-50(67)64-22-20-63(21-23-64)19-12-24-72-49-28-44-40(26-48(49)71-6)51(38(30-58)32-59-44)62-45-29-47(70-5)43(57)27-42(45)56/h15-18,26-29,32,34,39,41,46,66H,7-14,19-25,31,33H2,1-6H3,(H,59,62)(H,60,68)/t39-,41-,46+/m1/s1. The van der Waals surface area contributed by atoms with Gasteiger partial charge in [0.2, 0.25) is 17.7 Å². The van der Waals surface area contributed by atoms with E-state index >= 15 is 0 Å².